The molecule has 0 radical (unpaired) electrons. The van der Waals surface area contributed by atoms with E-state index in [4.69, 9.17) is 9.72 Å². The number of carbonyl (C=O) groups excluding carboxylic acids is 1. The van der Waals surface area contributed by atoms with Gasteiger partial charge in [-0.25, -0.2) is 4.98 Å². The van der Waals surface area contributed by atoms with Gasteiger partial charge >= 0.3 is 0 Å². The number of methoxy groups -OCH3 is 1. The minimum Gasteiger partial charge on any atom is -0.385 e. The van der Waals surface area contributed by atoms with Crippen LogP contribution in [0.15, 0.2) is 36.7 Å². The Morgan fingerprint density at radius 2 is 1.92 bits per heavy atom. The molecule has 2 saturated carbocycles. The lowest BCUT2D eigenvalue weighted by molar-refractivity contribution is -0.0893. The van der Waals surface area contributed by atoms with Crippen LogP contribution in [-0.2, 0) is 4.74 Å². The number of piperazine rings is 1. The highest BCUT2D eigenvalue weighted by molar-refractivity contribution is 5.98. The Labute approximate surface area is 215 Å². The lowest BCUT2D eigenvalue weighted by Crippen LogP contribution is -2.54. The molecule has 0 unspecified atom stereocenters. The number of aromatic nitrogens is 2. The molecule has 1 saturated heterocycles. The number of amides is 1. The number of rotatable bonds is 7. The van der Waals surface area contributed by atoms with E-state index in [0.29, 0.717) is 24.6 Å². The maximum absolute atomic E-state index is 14.2. The molecule has 3 aliphatic rings. The topological polar surface area (TPSA) is 79.6 Å². The Hall–Kier alpha value is -2.22. The van der Waals surface area contributed by atoms with Crippen molar-refractivity contribution in [2.75, 3.05) is 33.4 Å². The SMILES string of the molecule is COC[C@]1(O)CCCC[C@H]1n1cnc(C(=O)N2CCNC[C@H]2CC2CCCCC2)c1-c1ccccc1. The van der Waals surface area contributed by atoms with Crippen LogP contribution in [0.25, 0.3) is 11.3 Å². The first-order valence-corrected chi connectivity index (χ1v) is 14.0. The van der Waals surface area contributed by atoms with Gasteiger partial charge in [0.15, 0.2) is 5.69 Å². The van der Waals surface area contributed by atoms with Crippen LogP contribution in [0.1, 0.15) is 80.7 Å². The first-order valence-electron chi connectivity index (χ1n) is 14.0. The van der Waals surface area contributed by atoms with E-state index in [1.807, 2.05) is 30.3 Å². The van der Waals surface area contributed by atoms with Crippen molar-refractivity contribution in [1.82, 2.24) is 19.8 Å². The summed E-state index contributed by atoms with van der Waals surface area (Å²) < 4.78 is 7.52. The number of nitrogens with zero attached hydrogens (tertiary/aromatic N) is 3. The fourth-order valence-electron chi connectivity index (χ4n) is 6.84. The van der Waals surface area contributed by atoms with E-state index in [-0.39, 0.29) is 24.6 Å². The fraction of sp³-hybridized carbons (Fsp3) is 0.655. The van der Waals surface area contributed by atoms with Crippen LogP contribution in [0.3, 0.4) is 0 Å². The van der Waals surface area contributed by atoms with Crippen LogP contribution in [0.4, 0.5) is 0 Å². The van der Waals surface area contributed by atoms with E-state index in [9.17, 15) is 9.90 Å². The zero-order valence-electron chi connectivity index (χ0n) is 21.7. The lowest BCUT2D eigenvalue weighted by atomic mass is 9.80. The van der Waals surface area contributed by atoms with E-state index in [0.717, 1.165) is 50.0 Å². The average molecular weight is 495 g/mol. The van der Waals surface area contributed by atoms with E-state index < -0.39 is 5.60 Å². The Morgan fingerprint density at radius 1 is 1.14 bits per heavy atom. The van der Waals surface area contributed by atoms with Crippen LogP contribution < -0.4 is 5.32 Å². The van der Waals surface area contributed by atoms with Crippen molar-refractivity contribution in [3.63, 3.8) is 0 Å². The Bertz CT molecular complexity index is 999. The first kappa shape index (κ1) is 25.4. The minimum atomic E-state index is -0.976. The van der Waals surface area contributed by atoms with Gasteiger partial charge in [-0.15, -0.1) is 0 Å². The third-order valence-corrected chi connectivity index (χ3v) is 8.67. The molecule has 0 spiro atoms. The van der Waals surface area contributed by atoms with Crippen LogP contribution in [0.2, 0.25) is 0 Å². The number of carbonyl (C=O) groups is 1. The van der Waals surface area contributed by atoms with Crippen LogP contribution in [0, 0.1) is 5.92 Å². The third-order valence-electron chi connectivity index (χ3n) is 8.67. The Balaban J connectivity index is 1.49. The lowest BCUT2D eigenvalue weighted by Gasteiger charge is -2.41. The number of benzene rings is 1. The largest absolute Gasteiger partial charge is 0.385 e. The third kappa shape index (κ3) is 5.24. The molecule has 2 aromatic rings. The molecule has 1 amide bonds. The first-order chi connectivity index (χ1) is 17.6. The second-order valence-corrected chi connectivity index (χ2v) is 11.1. The number of imidazole rings is 1. The molecule has 5 rings (SSSR count). The van der Waals surface area contributed by atoms with Gasteiger partial charge in [-0.2, -0.15) is 0 Å². The Kier molecular flexibility index (Phi) is 8.09. The zero-order chi connectivity index (χ0) is 25.0. The van der Waals surface area contributed by atoms with E-state index in [1.165, 1.54) is 32.1 Å². The highest BCUT2D eigenvalue weighted by Crippen LogP contribution is 2.41. The summed E-state index contributed by atoms with van der Waals surface area (Å²) in [4.78, 5) is 21.0. The van der Waals surface area contributed by atoms with Gasteiger partial charge < -0.3 is 24.6 Å². The smallest absolute Gasteiger partial charge is 0.275 e. The van der Waals surface area contributed by atoms with Gasteiger partial charge in [-0.1, -0.05) is 75.3 Å². The molecule has 7 heteroatoms. The predicted molar refractivity (Wildman–Crippen MR) is 141 cm³/mol. The number of hydrogen-bond acceptors (Lipinski definition) is 5. The van der Waals surface area contributed by atoms with E-state index in [1.54, 1.807) is 13.4 Å². The monoisotopic (exact) mass is 494 g/mol. The molecule has 2 aliphatic carbocycles. The molecule has 3 atom stereocenters. The standard InChI is InChI=1S/C29H42N4O3/c1-36-20-29(35)15-9-8-14-25(29)33-21-31-26(27(33)23-12-6-3-7-13-23)28(34)32-17-16-30-19-24(32)18-22-10-4-2-5-11-22/h3,6-7,12-13,21-22,24-25,30,35H,2,4-5,8-11,14-20H2,1H3/t24-,25-,29-/m1/s1. The van der Waals surface area contributed by atoms with Crippen molar-refractivity contribution in [1.29, 1.82) is 0 Å². The van der Waals surface area contributed by atoms with Crippen molar-refractivity contribution >= 4 is 5.91 Å². The normalized spacial score (nSPS) is 27.8. The second kappa shape index (κ2) is 11.4. The summed E-state index contributed by atoms with van der Waals surface area (Å²) in [5.74, 6) is 0.720. The summed E-state index contributed by atoms with van der Waals surface area (Å²) in [5, 5.41) is 15.1. The minimum absolute atomic E-state index is 0.0148. The molecule has 1 aromatic carbocycles. The van der Waals surface area contributed by atoms with Crippen LogP contribution in [-0.4, -0.2) is 70.5 Å². The number of nitrogens with one attached hydrogen (secondary N) is 1. The molecule has 7 nitrogen and oxygen atoms in total. The number of aliphatic hydroxyl groups is 1. The molecule has 36 heavy (non-hydrogen) atoms. The highest BCUT2D eigenvalue weighted by Gasteiger charge is 2.42. The molecular weight excluding hydrogens is 452 g/mol. The van der Waals surface area contributed by atoms with Gasteiger partial charge in [0.05, 0.1) is 24.7 Å². The quantitative estimate of drug-likeness (QED) is 0.595. The molecule has 1 aromatic heterocycles. The number of ether oxygens (including phenoxy) is 1. The Morgan fingerprint density at radius 3 is 2.69 bits per heavy atom. The highest BCUT2D eigenvalue weighted by atomic mass is 16.5. The summed E-state index contributed by atoms with van der Waals surface area (Å²) in [6, 6.07) is 10.1. The van der Waals surface area contributed by atoms with Gasteiger partial charge in [-0.3, -0.25) is 4.79 Å². The van der Waals surface area contributed by atoms with Gasteiger partial charge in [-0.05, 0) is 25.2 Å². The zero-order valence-corrected chi connectivity index (χ0v) is 21.7. The van der Waals surface area contributed by atoms with Gasteiger partial charge in [0.1, 0.15) is 5.60 Å². The van der Waals surface area contributed by atoms with E-state index in [2.05, 4.69) is 14.8 Å². The van der Waals surface area contributed by atoms with Gasteiger partial charge in [0.25, 0.3) is 5.91 Å². The van der Waals surface area contributed by atoms with Crippen molar-refractivity contribution in [2.45, 2.75) is 81.9 Å². The van der Waals surface area contributed by atoms with Crippen molar-refractivity contribution in [3.05, 3.63) is 42.4 Å². The maximum Gasteiger partial charge on any atom is 0.275 e. The van der Waals surface area contributed by atoms with Crippen molar-refractivity contribution in [2.24, 2.45) is 5.92 Å². The molecule has 3 fully saturated rings. The average Bonchev–Trinajstić information content (AvgIpc) is 3.35. The van der Waals surface area contributed by atoms with E-state index >= 15 is 0 Å². The molecule has 2 heterocycles. The molecular formula is C29H42N4O3. The number of hydrogen-bond donors (Lipinski definition) is 2. The van der Waals surface area contributed by atoms with Gasteiger partial charge in [0.2, 0.25) is 0 Å². The summed E-state index contributed by atoms with van der Waals surface area (Å²) in [6.45, 7) is 2.63. The second-order valence-electron chi connectivity index (χ2n) is 11.1. The van der Waals surface area contributed by atoms with Crippen molar-refractivity contribution < 1.29 is 14.6 Å². The van der Waals surface area contributed by atoms with Crippen molar-refractivity contribution in [3.8, 4) is 11.3 Å². The summed E-state index contributed by atoms with van der Waals surface area (Å²) in [6.07, 6.45) is 12.9. The van der Waals surface area contributed by atoms with Crippen LogP contribution in [0.5, 0.6) is 0 Å². The predicted octanol–water partition coefficient (Wildman–Crippen LogP) is 4.43. The molecule has 2 N–H and O–H groups in total. The summed E-state index contributed by atoms with van der Waals surface area (Å²) in [7, 11) is 1.64. The summed E-state index contributed by atoms with van der Waals surface area (Å²) in [5.41, 5.74) is 1.30. The molecule has 0 bridgehead atoms. The maximum atomic E-state index is 14.2. The summed E-state index contributed by atoms with van der Waals surface area (Å²) >= 11 is 0. The molecule has 196 valence electrons. The van der Waals surface area contributed by atoms with Gasteiger partial charge in [0, 0.05) is 38.3 Å². The van der Waals surface area contributed by atoms with Crippen LogP contribution >= 0.6 is 0 Å². The molecule has 1 aliphatic heterocycles. The fourth-order valence-corrected chi connectivity index (χ4v) is 6.84.